The van der Waals surface area contributed by atoms with E-state index in [-0.39, 0.29) is 0 Å². The van der Waals surface area contributed by atoms with E-state index in [1.165, 1.54) is 44.1 Å². The smallest absolute Gasteiger partial charge is 0.122 e. The van der Waals surface area contributed by atoms with Gasteiger partial charge < -0.3 is 4.74 Å². The highest BCUT2D eigenvalue weighted by Crippen LogP contribution is 2.40. The molecule has 2 atom stereocenters. The Kier molecular flexibility index (Phi) is 4.58. The number of nitrogens with two attached hydrogens (primary N) is 1. The number of ether oxygens (including phenoxy) is 1. The molecule has 2 unspecified atom stereocenters. The van der Waals surface area contributed by atoms with Crippen LogP contribution in [-0.2, 0) is 0 Å². The molecule has 0 bridgehead atoms. The van der Waals surface area contributed by atoms with Crippen molar-refractivity contribution in [3.63, 3.8) is 0 Å². The summed E-state index contributed by atoms with van der Waals surface area (Å²) in [7, 11) is 0. The highest BCUT2D eigenvalue weighted by Gasteiger charge is 2.33. The summed E-state index contributed by atoms with van der Waals surface area (Å²) in [5.41, 5.74) is 4.49. The quantitative estimate of drug-likeness (QED) is 0.505. The number of para-hydroxylation sites is 1. The zero-order chi connectivity index (χ0) is 13.8. The van der Waals surface area contributed by atoms with Crippen molar-refractivity contribution in [2.45, 2.75) is 56.9 Å². The van der Waals surface area contributed by atoms with Crippen molar-refractivity contribution in [3.8, 4) is 5.75 Å². The van der Waals surface area contributed by atoms with Crippen LogP contribution in [0, 0.1) is 5.92 Å². The van der Waals surface area contributed by atoms with E-state index in [0.717, 1.165) is 18.8 Å². The summed E-state index contributed by atoms with van der Waals surface area (Å²) in [4.78, 5) is 0. The van der Waals surface area contributed by atoms with Gasteiger partial charge in [0.1, 0.15) is 5.75 Å². The molecule has 0 amide bonds. The van der Waals surface area contributed by atoms with E-state index in [1.807, 2.05) is 0 Å². The van der Waals surface area contributed by atoms with Gasteiger partial charge in [-0.25, -0.2) is 0 Å². The molecule has 3 heteroatoms. The van der Waals surface area contributed by atoms with Crippen LogP contribution in [0.5, 0.6) is 5.75 Å². The molecule has 0 radical (unpaired) electrons. The largest absolute Gasteiger partial charge is 0.493 e. The fourth-order valence-corrected chi connectivity index (χ4v) is 3.99. The summed E-state index contributed by atoms with van der Waals surface area (Å²) in [6.07, 6.45) is 9.18. The first-order valence-corrected chi connectivity index (χ1v) is 8.08. The first kappa shape index (κ1) is 13.9. The van der Waals surface area contributed by atoms with Crippen molar-refractivity contribution >= 4 is 0 Å². The second kappa shape index (κ2) is 6.59. The lowest BCUT2D eigenvalue weighted by atomic mass is 9.78. The van der Waals surface area contributed by atoms with Crippen molar-refractivity contribution in [3.05, 3.63) is 29.8 Å². The summed E-state index contributed by atoms with van der Waals surface area (Å²) in [6, 6.07) is 8.85. The fraction of sp³-hybridized carbons (Fsp3) is 0.647. The first-order chi connectivity index (χ1) is 9.90. The second-order valence-electron chi connectivity index (χ2n) is 6.23. The zero-order valence-electron chi connectivity index (χ0n) is 12.2. The Balaban J connectivity index is 1.82. The molecular formula is C17H26N2O. The molecule has 3 N–H and O–H groups in total. The van der Waals surface area contributed by atoms with Gasteiger partial charge in [0, 0.05) is 12.0 Å². The molecule has 0 saturated heterocycles. The number of hydrogen-bond donors (Lipinski definition) is 2. The van der Waals surface area contributed by atoms with Crippen LogP contribution in [0.25, 0.3) is 0 Å². The first-order valence-electron chi connectivity index (χ1n) is 8.08. The lowest BCUT2D eigenvalue weighted by Gasteiger charge is -2.36. The molecule has 1 heterocycles. The third-order valence-electron chi connectivity index (χ3n) is 5.04. The average Bonchev–Trinajstić information content (AvgIpc) is 2.78. The average molecular weight is 274 g/mol. The van der Waals surface area contributed by atoms with E-state index in [0.29, 0.717) is 17.9 Å². The number of rotatable bonds is 3. The maximum atomic E-state index is 5.95. The number of benzene rings is 1. The van der Waals surface area contributed by atoms with Gasteiger partial charge in [-0.15, -0.1) is 0 Å². The predicted molar refractivity (Wildman–Crippen MR) is 81.6 cm³/mol. The molecule has 0 spiro atoms. The minimum Gasteiger partial charge on any atom is -0.493 e. The normalized spacial score (nSPS) is 25.4. The third-order valence-corrected chi connectivity index (χ3v) is 5.04. The molecule has 3 rings (SSSR count). The third kappa shape index (κ3) is 2.84. The Hall–Kier alpha value is -1.06. The molecular weight excluding hydrogens is 248 g/mol. The van der Waals surface area contributed by atoms with Gasteiger partial charge in [-0.05, 0) is 36.8 Å². The van der Waals surface area contributed by atoms with Crippen LogP contribution in [0.3, 0.4) is 0 Å². The SMILES string of the molecule is NNC(C1CCCCCC1)C1CCOc2ccccc21. The van der Waals surface area contributed by atoms with Crippen molar-refractivity contribution in [1.82, 2.24) is 5.43 Å². The van der Waals surface area contributed by atoms with Crippen LogP contribution in [0.1, 0.15) is 56.4 Å². The molecule has 1 aromatic carbocycles. The summed E-state index contributed by atoms with van der Waals surface area (Å²) >= 11 is 0. The van der Waals surface area contributed by atoms with Crippen LogP contribution >= 0.6 is 0 Å². The Morgan fingerprint density at radius 2 is 1.80 bits per heavy atom. The van der Waals surface area contributed by atoms with E-state index in [9.17, 15) is 0 Å². The van der Waals surface area contributed by atoms with E-state index in [4.69, 9.17) is 10.6 Å². The predicted octanol–water partition coefficient (Wildman–Crippen LogP) is 3.36. The Labute approximate surface area is 121 Å². The van der Waals surface area contributed by atoms with Crippen LogP contribution in [0.15, 0.2) is 24.3 Å². The maximum absolute atomic E-state index is 5.95. The number of fused-ring (bicyclic) bond motifs is 1. The van der Waals surface area contributed by atoms with Crippen LogP contribution in [-0.4, -0.2) is 12.6 Å². The Morgan fingerprint density at radius 3 is 2.55 bits per heavy atom. The topological polar surface area (TPSA) is 47.3 Å². The number of hydrazine groups is 1. The molecule has 2 aliphatic rings. The molecule has 1 aromatic rings. The van der Waals surface area contributed by atoms with Gasteiger partial charge in [0.15, 0.2) is 0 Å². The fourth-order valence-electron chi connectivity index (χ4n) is 3.99. The maximum Gasteiger partial charge on any atom is 0.122 e. The molecule has 3 nitrogen and oxygen atoms in total. The van der Waals surface area contributed by atoms with Crippen LogP contribution < -0.4 is 16.0 Å². The monoisotopic (exact) mass is 274 g/mol. The van der Waals surface area contributed by atoms with Gasteiger partial charge in [0.05, 0.1) is 6.61 Å². The van der Waals surface area contributed by atoms with Crippen LogP contribution in [0.4, 0.5) is 0 Å². The number of nitrogens with one attached hydrogen (secondary N) is 1. The van der Waals surface area contributed by atoms with Crippen LogP contribution in [0.2, 0.25) is 0 Å². The number of hydrogen-bond acceptors (Lipinski definition) is 3. The van der Waals surface area contributed by atoms with Gasteiger partial charge in [0.2, 0.25) is 0 Å². The van der Waals surface area contributed by atoms with Gasteiger partial charge in [0.25, 0.3) is 0 Å². The highest BCUT2D eigenvalue weighted by molar-refractivity contribution is 5.38. The van der Waals surface area contributed by atoms with E-state index in [1.54, 1.807) is 0 Å². The van der Waals surface area contributed by atoms with Gasteiger partial charge in [-0.1, -0.05) is 43.9 Å². The Bertz CT molecular complexity index is 427. The molecule has 0 aromatic heterocycles. The van der Waals surface area contributed by atoms with Crippen molar-refractivity contribution in [2.24, 2.45) is 11.8 Å². The minimum absolute atomic E-state index is 0.387. The lowest BCUT2D eigenvalue weighted by molar-refractivity contribution is 0.208. The summed E-state index contributed by atoms with van der Waals surface area (Å²) < 4.78 is 5.79. The zero-order valence-corrected chi connectivity index (χ0v) is 12.2. The van der Waals surface area contributed by atoms with Crippen molar-refractivity contribution in [1.29, 1.82) is 0 Å². The summed E-state index contributed by atoms with van der Waals surface area (Å²) in [5.74, 6) is 8.21. The van der Waals surface area contributed by atoms with E-state index in [2.05, 4.69) is 29.7 Å². The molecule has 1 saturated carbocycles. The molecule has 110 valence electrons. The summed E-state index contributed by atoms with van der Waals surface area (Å²) in [5, 5.41) is 0. The van der Waals surface area contributed by atoms with Gasteiger partial charge in [-0.2, -0.15) is 0 Å². The molecule has 1 aliphatic heterocycles. The van der Waals surface area contributed by atoms with E-state index < -0.39 is 0 Å². The molecule has 1 aliphatic carbocycles. The summed E-state index contributed by atoms with van der Waals surface area (Å²) in [6.45, 7) is 0.812. The second-order valence-corrected chi connectivity index (χ2v) is 6.23. The van der Waals surface area contributed by atoms with Gasteiger partial charge in [-0.3, -0.25) is 11.3 Å². The standard InChI is InChI=1S/C17H26N2O/c18-19-17(13-7-3-1-2-4-8-13)15-11-12-20-16-10-6-5-9-14(15)16/h5-6,9-10,13,15,17,19H,1-4,7-8,11-12,18H2. The van der Waals surface area contributed by atoms with Crippen molar-refractivity contribution < 1.29 is 4.74 Å². The van der Waals surface area contributed by atoms with Crippen molar-refractivity contribution in [2.75, 3.05) is 6.61 Å². The molecule has 20 heavy (non-hydrogen) atoms. The van der Waals surface area contributed by atoms with Gasteiger partial charge >= 0.3 is 0 Å². The molecule has 1 fully saturated rings. The Morgan fingerprint density at radius 1 is 1.05 bits per heavy atom. The van der Waals surface area contributed by atoms with E-state index >= 15 is 0 Å². The minimum atomic E-state index is 0.387. The highest BCUT2D eigenvalue weighted by atomic mass is 16.5. The lowest BCUT2D eigenvalue weighted by Crippen LogP contribution is -2.46.